The van der Waals surface area contributed by atoms with E-state index in [2.05, 4.69) is 10.6 Å². The van der Waals surface area contributed by atoms with Gasteiger partial charge in [-0.1, -0.05) is 24.3 Å². The van der Waals surface area contributed by atoms with Crippen molar-refractivity contribution in [2.75, 3.05) is 19.2 Å². The van der Waals surface area contributed by atoms with Gasteiger partial charge in [-0.2, -0.15) is 0 Å². The third kappa shape index (κ3) is 4.42. The highest BCUT2D eigenvalue weighted by molar-refractivity contribution is 5.90. The number of anilines is 1. The number of carbonyl (C=O) groups excluding carboxylic acids is 1. The standard InChI is InChI=1S/C16H18N2O3/c1-12-8-9-15(20-2)14(10-12)18-16(19)17-11-21-13-6-4-3-5-7-13/h3-10H,11H2,1-2H3,(H2,17,18,19). The quantitative estimate of drug-likeness (QED) is 0.830. The Morgan fingerprint density at radius 3 is 2.62 bits per heavy atom. The molecule has 2 rings (SSSR count). The summed E-state index contributed by atoms with van der Waals surface area (Å²) in [4.78, 5) is 11.8. The molecule has 2 aromatic rings. The third-order valence-electron chi connectivity index (χ3n) is 2.82. The molecule has 0 unspecified atom stereocenters. The van der Waals surface area contributed by atoms with Crippen LogP contribution in [0.2, 0.25) is 0 Å². The Labute approximate surface area is 123 Å². The van der Waals surface area contributed by atoms with E-state index in [1.807, 2.05) is 55.5 Å². The molecule has 2 aromatic carbocycles. The normalized spacial score (nSPS) is 9.81. The Hall–Kier alpha value is -2.69. The first-order chi connectivity index (χ1) is 10.2. The molecule has 0 heterocycles. The van der Waals surface area contributed by atoms with Crippen molar-refractivity contribution in [1.82, 2.24) is 5.32 Å². The minimum absolute atomic E-state index is 0.0873. The summed E-state index contributed by atoms with van der Waals surface area (Å²) in [6, 6.07) is 14.5. The molecule has 0 bridgehead atoms. The lowest BCUT2D eigenvalue weighted by Crippen LogP contribution is -2.32. The van der Waals surface area contributed by atoms with Crippen LogP contribution in [-0.4, -0.2) is 19.9 Å². The van der Waals surface area contributed by atoms with E-state index < -0.39 is 0 Å². The molecular weight excluding hydrogens is 268 g/mol. The summed E-state index contributed by atoms with van der Waals surface area (Å²) in [5, 5.41) is 5.36. The van der Waals surface area contributed by atoms with Crippen molar-refractivity contribution in [3.8, 4) is 11.5 Å². The van der Waals surface area contributed by atoms with Crippen molar-refractivity contribution in [3.63, 3.8) is 0 Å². The highest BCUT2D eigenvalue weighted by Gasteiger charge is 2.07. The minimum atomic E-state index is -0.352. The fraction of sp³-hybridized carbons (Fsp3) is 0.188. The number of para-hydroxylation sites is 1. The molecule has 0 saturated heterocycles. The van der Waals surface area contributed by atoms with E-state index in [0.29, 0.717) is 17.2 Å². The van der Waals surface area contributed by atoms with E-state index >= 15 is 0 Å². The van der Waals surface area contributed by atoms with E-state index in [4.69, 9.17) is 9.47 Å². The number of hydrogen-bond acceptors (Lipinski definition) is 3. The molecule has 5 heteroatoms. The Bertz CT molecular complexity index is 600. The highest BCUT2D eigenvalue weighted by Crippen LogP contribution is 2.24. The molecule has 0 aromatic heterocycles. The van der Waals surface area contributed by atoms with E-state index in [9.17, 15) is 4.79 Å². The number of urea groups is 1. The van der Waals surface area contributed by atoms with Gasteiger partial charge in [0.05, 0.1) is 12.8 Å². The molecular formula is C16H18N2O3. The number of amides is 2. The lowest BCUT2D eigenvalue weighted by atomic mass is 10.2. The SMILES string of the molecule is COc1ccc(C)cc1NC(=O)NCOc1ccccc1. The van der Waals surface area contributed by atoms with Crippen LogP contribution in [0.3, 0.4) is 0 Å². The third-order valence-corrected chi connectivity index (χ3v) is 2.82. The number of benzene rings is 2. The van der Waals surface area contributed by atoms with Crippen LogP contribution in [0.5, 0.6) is 11.5 Å². The number of aryl methyl sites for hydroxylation is 1. The topological polar surface area (TPSA) is 59.6 Å². The number of ether oxygens (including phenoxy) is 2. The Balaban J connectivity index is 1.86. The van der Waals surface area contributed by atoms with Crippen LogP contribution in [0.1, 0.15) is 5.56 Å². The lowest BCUT2D eigenvalue weighted by molar-refractivity contribution is 0.234. The zero-order valence-electron chi connectivity index (χ0n) is 12.1. The van der Waals surface area contributed by atoms with Crippen LogP contribution in [0.15, 0.2) is 48.5 Å². The van der Waals surface area contributed by atoms with Crippen molar-refractivity contribution in [2.45, 2.75) is 6.92 Å². The molecule has 110 valence electrons. The van der Waals surface area contributed by atoms with Gasteiger partial charge in [-0.05, 0) is 36.8 Å². The van der Waals surface area contributed by atoms with Gasteiger partial charge in [-0.15, -0.1) is 0 Å². The molecule has 0 radical (unpaired) electrons. The zero-order valence-corrected chi connectivity index (χ0v) is 12.1. The van der Waals surface area contributed by atoms with Crippen LogP contribution in [-0.2, 0) is 0 Å². The van der Waals surface area contributed by atoms with Gasteiger partial charge in [0.1, 0.15) is 11.5 Å². The molecule has 0 aliphatic rings. The Morgan fingerprint density at radius 1 is 1.14 bits per heavy atom. The molecule has 0 aliphatic carbocycles. The fourth-order valence-electron chi connectivity index (χ4n) is 1.79. The first-order valence-electron chi connectivity index (χ1n) is 6.56. The first kappa shape index (κ1) is 14.7. The highest BCUT2D eigenvalue weighted by atomic mass is 16.5. The summed E-state index contributed by atoms with van der Waals surface area (Å²) in [5.41, 5.74) is 1.65. The second-order valence-corrected chi connectivity index (χ2v) is 4.44. The van der Waals surface area contributed by atoms with Gasteiger partial charge < -0.3 is 20.1 Å². The van der Waals surface area contributed by atoms with Crippen molar-refractivity contribution >= 4 is 11.7 Å². The van der Waals surface area contributed by atoms with Crippen LogP contribution in [0.25, 0.3) is 0 Å². The first-order valence-corrected chi connectivity index (χ1v) is 6.56. The Morgan fingerprint density at radius 2 is 1.90 bits per heavy atom. The van der Waals surface area contributed by atoms with Crippen molar-refractivity contribution in [1.29, 1.82) is 0 Å². The summed E-state index contributed by atoms with van der Waals surface area (Å²) in [6.07, 6.45) is 0. The van der Waals surface area contributed by atoms with E-state index in [1.54, 1.807) is 7.11 Å². The summed E-state index contributed by atoms with van der Waals surface area (Å²) >= 11 is 0. The number of hydrogen-bond donors (Lipinski definition) is 2. The molecule has 0 fully saturated rings. The maximum atomic E-state index is 11.8. The molecule has 2 N–H and O–H groups in total. The number of carbonyl (C=O) groups is 1. The van der Waals surface area contributed by atoms with Gasteiger partial charge in [0.15, 0.2) is 6.73 Å². The second kappa shape index (κ2) is 7.19. The van der Waals surface area contributed by atoms with E-state index in [-0.39, 0.29) is 12.8 Å². The smallest absolute Gasteiger partial charge is 0.321 e. The maximum Gasteiger partial charge on any atom is 0.321 e. The van der Waals surface area contributed by atoms with Gasteiger partial charge in [0, 0.05) is 0 Å². The van der Waals surface area contributed by atoms with Crippen LogP contribution in [0, 0.1) is 6.92 Å². The number of methoxy groups -OCH3 is 1. The summed E-state index contributed by atoms with van der Waals surface area (Å²) in [6.45, 7) is 2.03. The summed E-state index contributed by atoms with van der Waals surface area (Å²) in [5.74, 6) is 1.31. The number of rotatable bonds is 5. The van der Waals surface area contributed by atoms with Crippen molar-refractivity contribution in [2.24, 2.45) is 0 Å². The Kier molecular flexibility index (Phi) is 5.04. The van der Waals surface area contributed by atoms with E-state index in [1.165, 1.54) is 0 Å². The van der Waals surface area contributed by atoms with Gasteiger partial charge in [-0.25, -0.2) is 4.79 Å². The second-order valence-electron chi connectivity index (χ2n) is 4.44. The van der Waals surface area contributed by atoms with Crippen LogP contribution < -0.4 is 20.1 Å². The van der Waals surface area contributed by atoms with Crippen LogP contribution in [0.4, 0.5) is 10.5 Å². The number of nitrogens with one attached hydrogen (secondary N) is 2. The monoisotopic (exact) mass is 286 g/mol. The predicted molar refractivity (Wildman–Crippen MR) is 81.8 cm³/mol. The minimum Gasteiger partial charge on any atom is -0.495 e. The zero-order chi connectivity index (χ0) is 15.1. The molecule has 21 heavy (non-hydrogen) atoms. The molecule has 5 nitrogen and oxygen atoms in total. The van der Waals surface area contributed by atoms with E-state index in [0.717, 1.165) is 5.56 Å². The van der Waals surface area contributed by atoms with Crippen molar-refractivity contribution in [3.05, 3.63) is 54.1 Å². The average Bonchev–Trinajstić information content (AvgIpc) is 2.48. The molecule has 0 aliphatic heterocycles. The maximum absolute atomic E-state index is 11.8. The molecule has 0 atom stereocenters. The van der Waals surface area contributed by atoms with Gasteiger partial charge in [0.25, 0.3) is 0 Å². The summed E-state index contributed by atoms with van der Waals surface area (Å²) in [7, 11) is 1.56. The van der Waals surface area contributed by atoms with Gasteiger partial charge in [0.2, 0.25) is 0 Å². The van der Waals surface area contributed by atoms with Crippen LogP contribution >= 0.6 is 0 Å². The van der Waals surface area contributed by atoms with Gasteiger partial charge in [-0.3, -0.25) is 0 Å². The predicted octanol–water partition coefficient (Wildman–Crippen LogP) is 3.16. The van der Waals surface area contributed by atoms with Gasteiger partial charge >= 0.3 is 6.03 Å². The molecule has 2 amide bonds. The molecule has 0 spiro atoms. The lowest BCUT2D eigenvalue weighted by Gasteiger charge is -2.12. The summed E-state index contributed by atoms with van der Waals surface area (Å²) < 4.78 is 10.6. The fourth-order valence-corrected chi connectivity index (χ4v) is 1.79. The molecule has 0 saturated carbocycles. The average molecular weight is 286 g/mol. The largest absolute Gasteiger partial charge is 0.495 e. The van der Waals surface area contributed by atoms with Crippen molar-refractivity contribution < 1.29 is 14.3 Å².